The van der Waals surface area contributed by atoms with Crippen molar-refractivity contribution in [2.75, 3.05) is 13.2 Å². The second-order valence-electron chi connectivity index (χ2n) is 2.43. The summed E-state index contributed by atoms with van der Waals surface area (Å²) in [4.78, 5) is 3.83. The van der Waals surface area contributed by atoms with Crippen LogP contribution < -0.4 is 5.73 Å². The van der Waals surface area contributed by atoms with E-state index in [9.17, 15) is 0 Å². The molecule has 0 aliphatic heterocycles. The molecule has 68 valence electrons. The van der Waals surface area contributed by atoms with Gasteiger partial charge in [0.25, 0.3) is 0 Å². The predicted molar refractivity (Wildman–Crippen MR) is 44.5 cm³/mol. The van der Waals surface area contributed by atoms with Gasteiger partial charge in [0.2, 0.25) is 0 Å². The monoisotopic (exact) mass is 170 g/mol. The van der Waals surface area contributed by atoms with Gasteiger partial charge < -0.3 is 10.5 Å². The zero-order valence-electron chi connectivity index (χ0n) is 7.18. The van der Waals surface area contributed by atoms with Crippen molar-refractivity contribution in [3.8, 4) is 0 Å². The van der Waals surface area contributed by atoms with Crippen molar-refractivity contribution >= 4 is 0 Å². The van der Waals surface area contributed by atoms with Crippen LogP contribution in [0.25, 0.3) is 0 Å². The standard InChI is InChI=1S/C7H14N4O/c1-2-12-7(3-8)4-11-6-9-5-10-11/h5-7H,2-4,8H2,1H3. The fourth-order valence-electron chi connectivity index (χ4n) is 0.967. The molecular formula is C7H14N4O. The molecule has 12 heavy (non-hydrogen) atoms. The van der Waals surface area contributed by atoms with Gasteiger partial charge in [0.1, 0.15) is 12.7 Å². The third-order valence-corrected chi connectivity index (χ3v) is 1.52. The highest BCUT2D eigenvalue weighted by atomic mass is 16.5. The Kier molecular flexibility index (Phi) is 3.69. The summed E-state index contributed by atoms with van der Waals surface area (Å²) >= 11 is 0. The second kappa shape index (κ2) is 4.84. The first-order valence-corrected chi connectivity index (χ1v) is 4.01. The lowest BCUT2D eigenvalue weighted by molar-refractivity contribution is 0.0542. The lowest BCUT2D eigenvalue weighted by Gasteiger charge is -2.13. The van der Waals surface area contributed by atoms with Crippen molar-refractivity contribution in [2.24, 2.45) is 5.73 Å². The van der Waals surface area contributed by atoms with Crippen molar-refractivity contribution in [1.82, 2.24) is 14.8 Å². The number of aromatic nitrogens is 3. The number of hydrogen-bond donors (Lipinski definition) is 1. The molecular weight excluding hydrogens is 156 g/mol. The zero-order chi connectivity index (χ0) is 8.81. The van der Waals surface area contributed by atoms with Gasteiger partial charge in [0.15, 0.2) is 0 Å². The molecule has 0 aromatic carbocycles. The molecule has 1 unspecified atom stereocenters. The first-order chi connectivity index (χ1) is 5.86. The van der Waals surface area contributed by atoms with Crippen LogP contribution in [0.2, 0.25) is 0 Å². The lowest BCUT2D eigenvalue weighted by atomic mass is 10.3. The van der Waals surface area contributed by atoms with E-state index in [4.69, 9.17) is 10.5 Å². The molecule has 0 aliphatic rings. The summed E-state index contributed by atoms with van der Waals surface area (Å²) in [6.45, 7) is 3.80. The SMILES string of the molecule is CCOC(CN)Cn1cncn1. The molecule has 1 heterocycles. The molecule has 0 spiro atoms. The normalized spacial score (nSPS) is 13.2. The first kappa shape index (κ1) is 9.15. The molecule has 0 saturated carbocycles. The van der Waals surface area contributed by atoms with Crippen LogP contribution in [0.4, 0.5) is 0 Å². The fraction of sp³-hybridized carbons (Fsp3) is 0.714. The second-order valence-corrected chi connectivity index (χ2v) is 2.43. The van der Waals surface area contributed by atoms with E-state index < -0.39 is 0 Å². The van der Waals surface area contributed by atoms with E-state index in [1.54, 1.807) is 11.0 Å². The minimum atomic E-state index is 0.0386. The van der Waals surface area contributed by atoms with Gasteiger partial charge in [-0.1, -0.05) is 0 Å². The minimum absolute atomic E-state index is 0.0386. The highest BCUT2D eigenvalue weighted by Gasteiger charge is 2.06. The van der Waals surface area contributed by atoms with Gasteiger partial charge >= 0.3 is 0 Å². The predicted octanol–water partition coefficient (Wildman–Crippen LogP) is -0.358. The molecule has 0 saturated heterocycles. The molecule has 1 atom stereocenters. The van der Waals surface area contributed by atoms with Crippen LogP contribution in [0.3, 0.4) is 0 Å². The van der Waals surface area contributed by atoms with Gasteiger partial charge in [-0.05, 0) is 6.92 Å². The van der Waals surface area contributed by atoms with Gasteiger partial charge in [0, 0.05) is 13.2 Å². The average molecular weight is 170 g/mol. The summed E-state index contributed by atoms with van der Waals surface area (Å²) in [6, 6.07) is 0. The summed E-state index contributed by atoms with van der Waals surface area (Å²) < 4.78 is 7.07. The summed E-state index contributed by atoms with van der Waals surface area (Å²) in [5, 5.41) is 3.96. The van der Waals surface area contributed by atoms with Gasteiger partial charge in [-0.2, -0.15) is 5.10 Å². The highest BCUT2D eigenvalue weighted by Crippen LogP contribution is 1.93. The van der Waals surface area contributed by atoms with Crippen LogP contribution in [0.1, 0.15) is 6.92 Å². The van der Waals surface area contributed by atoms with Gasteiger partial charge in [-0.25, -0.2) is 4.98 Å². The summed E-state index contributed by atoms with van der Waals surface area (Å²) in [5.41, 5.74) is 5.49. The van der Waals surface area contributed by atoms with E-state index in [1.807, 2.05) is 6.92 Å². The third-order valence-electron chi connectivity index (χ3n) is 1.52. The maximum Gasteiger partial charge on any atom is 0.137 e. The Morgan fingerprint density at radius 3 is 3.00 bits per heavy atom. The molecule has 1 rings (SSSR count). The Bertz CT molecular complexity index is 199. The number of nitrogens with zero attached hydrogens (tertiary/aromatic N) is 3. The fourth-order valence-corrected chi connectivity index (χ4v) is 0.967. The number of nitrogens with two attached hydrogens (primary N) is 1. The van der Waals surface area contributed by atoms with Crippen molar-refractivity contribution < 1.29 is 4.74 Å². The van der Waals surface area contributed by atoms with Crippen LogP contribution in [0.5, 0.6) is 0 Å². The summed E-state index contributed by atoms with van der Waals surface area (Å²) in [5.74, 6) is 0. The minimum Gasteiger partial charge on any atom is -0.375 e. The van der Waals surface area contributed by atoms with E-state index >= 15 is 0 Å². The topological polar surface area (TPSA) is 66.0 Å². The maximum atomic E-state index is 5.49. The van der Waals surface area contributed by atoms with E-state index in [-0.39, 0.29) is 6.10 Å². The largest absolute Gasteiger partial charge is 0.375 e. The van der Waals surface area contributed by atoms with E-state index in [0.717, 1.165) is 0 Å². The van der Waals surface area contributed by atoms with E-state index in [1.165, 1.54) is 6.33 Å². The van der Waals surface area contributed by atoms with Gasteiger partial charge in [-0.3, -0.25) is 4.68 Å². The number of hydrogen-bond acceptors (Lipinski definition) is 4. The number of rotatable bonds is 5. The average Bonchev–Trinajstić information content (AvgIpc) is 2.56. The molecule has 0 fully saturated rings. The molecule has 0 radical (unpaired) electrons. The number of ether oxygens (including phenoxy) is 1. The summed E-state index contributed by atoms with van der Waals surface area (Å²) in [6.07, 6.45) is 3.19. The summed E-state index contributed by atoms with van der Waals surface area (Å²) in [7, 11) is 0. The van der Waals surface area contributed by atoms with Gasteiger partial charge in [-0.15, -0.1) is 0 Å². The maximum absolute atomic E-state index is 5.49. The Labute approximate surface area is 71.5 Å². The quantitative estimate of drug-likeness (QED) is 0.655. The van der Waals surface area contributed by atoms with Crippen LogP contribution >= 0.6 is 0 Å². The Morgan fingerprint density at radius 1 is 1.67 bits per heavy atom. The molecule has 1 aromatic heterocycles. The molecule has 5 heteroatoms. The molecule has 0 amide bonds. The third kappa shape index (κ3) is 2.60. The van der Waals surface area contributed by atoms with E-state index in [0.29, 0.717) is 19.7 Å². The lowest BCUT2D eigenvalue weighted by Crippen LogP contribution is -2.28. The van der Waals surface area contributed by atoms with Crippen molar-refractivity contribution in [2.45, 2.75) is 19.6 Å². The van der Waals surface area contributed by atoms with E-state index in [2.05, 4.69) is 10.1 Å². The molecule has 2 N–H and O–H groups in total. The van der Waals surface area contributed by atoms with Crippen LogP contribution in [0, 0.1) is 0 Å². The Balaban J connectivity index is 2.37. The highest BCUT2D eigenvalue weighted by molar-refractivity contribution is 4.62. The smallest absolute Gasteiger partial charge is 0.137 e. The van der Waals surface area contributed by atoms with Crippen molar-refractivity contribution in [3.05, 3.63) is 12.7 Å². The molecule has 1 aromatic rings. The van der Waals surface area contributed by atoms with Crippen molar-refractivity contribution in [1.29, 1.82) is 0 Å². The Morgan fingerprint density at radius 2 is 2.50 bits per heavy atom. The van der Waals surface area contributed by atoms with Crippen LogP contribution in [-0.4, -0.2) is 34.0 Å². The Hall–Kier alpha value is -0.940. The molecule has 5 nitrogen and oxygen atoms in total. The molecule has 0 bridgehead atoms. The first-order valence-electron chi connectivity index (χ1n) is 4.01. The molecule has 0 aliphatic carbocycles. The zero-order valence-corrected chi connectivity index (χ0v) is 7.18. The van der Waals surface area contributed by atoms with Crippen LogP contribution in [0.15, 0.2) is 12.7 Å². The van der Waals surface area contributed by atoms with Crippen molar-refractivity contribution in [3.63, 3.8) is 0 Å². The van der Waals surface area contributed by atoms with Crippen LogP contribution in [-0.2, 0) is 11.3 Å². The van der Waals surface area contributed by atoms with Gasteiger partial charge in [0.05, 0.1) is 12.6 Å².